The Morgan fingerprint density at radius 3 is 2.94 bits per heavy atom. The van der Waals surface area contributed by atoms with Crippen LogP contribution in [0.4, 0.5) is 11.5 Å². The smallest absolute Gasteiger partial charge is 0.149 e. The SMILES string of the molecule is CSCCCCCNc1nccc(C)c1N. The minimum absolute atomic E-state index is 0.770. The number of aryl methyl sites for hydroxylation is 1. The number of nitrogens with one attached hydrogen (secondary N) is 1. The van der Waals surface area contributed by atoms with Crippen LogP contribution in [0.15, 0.2) is 12.3 Å². The van der Waals surface area contributed by atoms with Gasteiger partial charge in [-0.3, -0.25) is 0 Å². The number of thioether (sulfide) groups is 1. The molecule has 0 aliphatic rings. The van der Waals surface area contributed by atoms with Gasteiger partial charge in [0, 0.05) is 12.7 Å². The van der Waals surface area contributed by atoms with Crippen molar-refractivity contribution in [1.82, 2.24) is 4.98 Å². The first-order chi connectivity index (χ1) is 7.75. The van der Waals surface area contributed by atoms with Gasteiger partial charge in [0.25, 0.3) is 0 Å². The van der Waals surface area contributed by atoms with Crippen LogP contribution in [0.5, 0.6) is 0 Å². The van der Waals surface area contributed by atoms with E-state index in [-0.39, 0.29) is 0 Å². The molecule has 0 bridgehead atoms. The van der Waals surface area contributed by atoms with Gasteiger partial charge in [0.15, 0.2) is 0 Å². The van der Waals surface area contributed by atoms with E-state index in [1.54, 1.807) is 6.20 Å². The van der Waals surface area contributed by atoms with Gasteiger partial charge in [-0.05, 0) is 43.4 Å². The molecule has 1 heterocycles. The Labute approximate surface area is 102 Å². The summed E-state index contributed by atoms with van der Waals surface area (Å²) in [5, 5.41) is 3.29. The largest absolute Gasteiger partial charge is 0.396 e. The van der Waals surface area contributed by atoms with Crippen LogP contribution in [-0.2, 0) is 0 Å². The molecular weight excluding hydrogens is 218 g/mol. The molecule has 1 rings (SSSR count). The molecule has 0 spiro atoms. The number of rotatable bonds is 7. The zero-order valence-electron chi connectivity index (χ0n) is 10.1. The molecule has 1 aromatic rings. The van der Waals surface area contributed by atoms with Crippen molar-refractivity contribution < 1.29 is 0 Å². The molecular formula is C12H21N3S. The first kappa shape index (κ1) is 13.2. The van der Waals surface area contributed by atoms with Gasteiger partial charge in [0.05, 0.1) is 5.69 Å². The molecule has 16 heavy (non-hydrogen) atoms. The molecule has 4 heteroatoms. The Bertz CT molecular complexity index is 315. The van der Waals surface area contributed by atoms with Crippen molar-refractivity contribution in [2.45, 2.75) is 26.2 Å². The Hall–Kier alpha value is -0.900. The van der Waals surface area contributed by atoms with Gasteiger partial charge >= 0.3 is 0 Å². The van der Waals surface area contributed by atoms with Crippen molar-refractivity contribution in [3.05, 3.63) is 17.8 Å². The molecule has 0 radical (unpaired) electrons. The van der Waals surface area contributed by atoms with Crippen LogP contribution in [0, 0.1) is 6.92 Å². The van der Waals surface area contributed by atoms with E-state index >= 15 is 0 Å². The summed E-state index contributed by atoms with van der Waals surface area (Å²) >= 11 is 1.91. The molecule has 0 atom stereocenters. The van der Waals surface area contributed by atoms with Gasteiger partial charge in [0.2, 0.25) is 0 Å². The summed E-state index contributed by atoms with van der Waals surface area (Å²) in [6.07, 6.45) is 7.67. The molecule has 1 aromatic heterocycles. The monoisotopic (exact) mass is 239 g/mol. The second-order valence-electron chi connectivity index (χ2n) is 3.87. The number of unbranched alkanes of at least 4 members (excludes halogenated alkanes) is 2. The summed E-state index contributed by atoms with van der Waals surface area (Å²) in [7, 11) is 0. The molecule has 0 unspecified atom stereocenters. The van der Waals surface area contributed by atoms with Crippen LogP contribution in [0.25, 0.3) is 0 Å². The highest BCUT2D eigenvalue weighted by Gasteiger charge is 2.01. The van der Waals surface area contributed by atoms with Crippen molar-refractivity contribution in [1.29, 1.82) is 0 Å². The highest BCUT2D eigenvalue weighted by Crippen LogP contribution is 2.18. The minimum atomic E-state index is 0.770. The highest BCUT2D eigenvalue weighted by atomic mass is 32.2. The van der Waals surface area contributed by atoms with Gasteiger partial charge in [-0.25, -0.2) is 4.98 Å². The number of hydrogen-bond donors (Lipinski definition) is 2. The maximum absolute atomic E-state index is 5.92. The van der Waals surface area contributed by atoms with E-state index in [2.05, 4.69) is 16.6 Å². The summed E-state index contributed by atoms with van der Waals surface area (Å²) in [6, 6.07) is 1.93. The third-order valence-electron chi connectivity index (χ3n) is 2.53. The lowest BCUT2D eigenvalue weighted by Crippen LogP contribution is -2.07. The van der Waals surface area contributed by atoms with Crippen LogP contribution < -0.4 is 11.1 Å². The molecule has 0 aliphatic carbocycles. The van der Waals surface area contributed by atoms with E-state index in [1.165, 1.54) is 25.0 Å². The van der Waals surface area contributed by atoms with Crippen LogP contribution >= 0.6 is 11.8 Å². The second-order valence-corrected chi connectivity index (χ2v) is 4.86. The van der Waals surface area contributed by atoms with E-state index in [4.69, 9.17) is 5.73 Å². The molecule has 0 aliphatic heterocycles. The fraction of sp³-hybridized carbons (Fsp3) is 0.583. The molecule has 3 nitrogen and oxygen atoms in total. The first-order valence-corrected chi connectivity index (χ1v) is 7.09. The van der Waals surface area contributed by atoms with Crippen LogP contribution in [0.1, 0.15) is 24.8 Å². The van der Waals surface area contributed by atoms with Crippen LogP contribution in [0.3, 0.4) is 0 Å². The Kier molecular flexibility index (Phi) is 6.08. The van der Waals surface area contributed by atoms with Gasteiger partial charge in [-0.1, -0.05) is 6.42 Å². The fourth-order valence-corrected chi connectivity index (χ4v) is 1.96. The highest BCUT2D eigenvalue weighted by molar-refractivity contribution is 7.98. The van der Waals surface area contributed by atoms with Crippen molar-refractivity contribution >= 4 is 23.3 Å². The second kappa shape index (κ2) is 7.39. The molecule has 0 fully saturated rings. The van der Waals surface area contributed by atoms with Crippen molar-refractivity contribution in [2.75, 3.05) is 29.6 Å². The van der Waals surface area contributed by atoms with Gasteiger partial charge in [-0.2, -0.15) is 11.8 Å². The molecule has 3 N–H and O–H groups in total. The topological polar surface area (TPSA) is 50.9 Å². The zero-order valence-corrected chi connectivity index (χ0v) is 10.9. The van der Waals surface area contributed by atoms with E-state index in [9.17, 15) is 0 Å². The lowest BCUT2D eigenvalue weighted by Gasteiger charge is -2.09. The standard InChI is InChI=1S/C12H21N3S/c1-10-6-8-15-12(11(10)13)14-7-4-3-5-9-16-2/h6,8H,3-5,7,9,13H2,1-2H3,(H,14,15). The molecule has 0 saturated carbocycles. The van der Waals surface area contributed by atoms with Gasteiger partial charge in [0.1, 0.15) is 5.82 Å². The molecule has 90 valence electrons. The maximum atomic E-state index is 5.92. The number of hydrogen-bond acceptors (Lipinski definition) is 4. The predicted molar refractivity (Wildman–Crippen MR) is 74.1 cm³/mol. The van der Waals surface area contributed by atoms with Crippen molar-refractivity contribution in [3.63, 3.8) is 0 Å². The number of anilines is 2. The molecule has 0 saturated heterocycles. The van der Waals surface area contributed by atoms with Crippen LogP contribution in [-0.4, -0.2) is 23.5 Å². The number of nitrogens with zero attached hydrogens (tertiary/aromatic N) is 1. The molecule has 0 amide bonds. The third-order valence-corrected chi connectivity index (χ3v) is 3.22. The number of pyridine rings is 1. The minimum Gasteiger partial charge on any atom is -0.396 e. The summed E-state index contributed by atoms with van der Waals surface area (Å²) in [4.78, 5) is 4.23. The van der Waals surface area contributed by atoms with E-state index in [0.717, 1.165) is 23.6 Å². The van der Waals surface area contributed by atoms with Crippen molar-refractivity contribution in [3.8, 4) is 0 Å². The number of nitrogen functional groups attached to an aromatic ring is 1. The summed E-state index contributed by atoms with van der Waals surface area (Å²) in [6.45, 7) is 2.95. The summed E-state index contributed by atoms with van der Waals surface area (Å²) in [5.41, 5.74) is 7.77. The lowest BCUT2D eigenvalue weighted by atomic mass is 10.2. The lowest BCUT2D eigenvalue weighted by molar-refractivity contribution is 0.748. The predicted octanol–water partition coefficient (Wildman–Crippen LogP) is 2.92. The Morgan fingerprint density at radius 2 is 2.19 bits per heavy atom. The normalized spacial score (nSPS) is 10.4. The van der Waals surface area contributed by atoms with Crippen LogP contribution in [0.2, 0.25) is 0 Å². The first-order valence-electron chi connectivity index (χ1n) is 5.69. The Balaban J connectivity index is 2.24. The van der Waals surface area contributed by atoms with Gasteiger partial charge in [-0.15, -0.1) is 0 Å². The zero-order chi connectivity index (χ0) is 11.8. The van der Waals surface area contributed by atoms with Crippen molar-refractivity contribution in [2.24, 2.45) is 0 Å². The average molecular weight is 239 g/mol. The average Bonchev–Trinajstić information content (AvgIpc) is 2.29. The fourth-order valence-electron chi connectivity index (χ4n) is 1.47. The van der Waals surface area contributed by atoms with E-state index in [0.29, 0.717) is 0 Å². The summed E-state index contributed by atoms with van der Waals surface area (Å²) < 4.78 is 0. The maximum Gasteiger partial charge on any atom is 0.149 e. The van der Waals surface area contributed by atoms with Gasteiger partial charge < -0.3 is 11.1 Å². The third kappa shape index (κ3) is 4.31. The quantitative estimate of drug-likeness (QED) is 0.718. The van der Waals surface area contributed by atoms with E-state index in [1.807, 2.05) is 24.8 Å². The molecule has 0 aromatic carbocycles. The summed E-state index contributed by atoms with van der Waals surface area (Å²) in [5.74, 6) is 2.08. The Morgan fingerprint density at radius 1 is 1.38 bits per heavy atom. The number of nitrogens with two attached hydrogens (primary N) is 1. The number of aromatic nitrogens is 1. The van der Waals surface area contributed by atoms with E-state index < -0.39 is 0 Å².